The Morgan fingerprint density at radius 2 is 1.29 bits per heavy atom. The Balaban J connectivity index is 4.10. The Kier molecular flexibility index (Phi) is 27.5. The first-order valence-electron chi connectivity index (χ1n) is 16.3. The summed E-state index contributed by atoms with van der Waals surface area (Å²) in [7, 11) is 1.65. The molecule has 0 bridgehead atoms. The van der Waals surface area contributed by atoms with Crippen molar-refractivity contribution in [1.29, 1.82) is 0 Å². The first-order chi connectivity index (χ1) is 19.9. The third-order valence-corrected chi connectivity index (χ3v) is 7.20. The highest BCUT2D eigenvalue weighted by molar-refractivity contribution is 5.69. The molecule has 0 fully saturated rings. The fraction of sp³-hybridized carbons (Fsp3) is 0.871. The van der Waals surface area contributed by atoms with Crippen molar-refractivity contribution in [3.8, 4) is 0 Å². The normalized spacial score (nSPS) is 11.5. The molecule has 0 saturated carbocycles. The fourth-order valence-electron chi connectivity index (χ4n) is 4.76. The van der Waals surface area contributed by atoms with E-state index in [0.717, 1.165) is 96.5 Å². The third-order valence-electron chi connectivity index (χ3n) is 7.20. The van der Waals surface area contributed by atoms with Crippen LogP contribution in [0, 0.1) is 10.1 Å². The minimum absolute atomic E-state index is 0.0847. The molecule has 0 aromatic carbocycles. The Hall–Kier alpha value is -2.36. The molecular formula is C31H60N4O6. The lowest BCUT2D eigenvalue weighted by Crippen LogP contribution is -2.31. The molecule has 0 saturated heterocycles. The molecule has 41 heavy (non-hydrogen) atoms. The fourth-order valence-corrected chi connectivity index (χ4v) is 4.76. The summed E-state index contributed by atoms with van der Waals surface area (Å²) in [5.74, 6) is -0.419. The largest absolute Gasteiger partial charge is 0.481 e. The maximum absolute atomic E-state index is 12.1. The number of aliphatic carboxylic acids is 1. The van der Waals surface area contributed by atoms with Crippen LogP contribution in [0.2, 0.25) is 0 Å². The van der Waals surface area contributed by atoms with E-state index in [1.54, 1.807) is 7.05 Å². The van der Waals surface area contributed by atoms with Crippen LogP contribution in [0.1, 0.15) is 135 Å². The molecule has 0 unspecified atom stereocenters. The van der Waals surface area contributed by atoms with Gasteiger partial charge in [0.1, 0.15) is 0 Å². The lowest BCUT2D eigenvalue weighted by Gasteiger charge is -2.22. The Labute approximate surface area is 249 Å². The van der Waals surface area contributed by atoms with E-state index in [0.29, 0.717) is 25.4 Å². The molecule has 3 N–H and O–H groups in total. The number of ether oxygens (including phenoxy) is 1. The van der Waals surface area contributed by atoms with Gasteiger partial charge in [-0.3, -0.25) is 19.7 Å². The number of nitro groups is 1. The second-order valence-corrected chi connectivity index (χ2v) is 11.0. The van der Waals surface area contributed by atoms with Gasteiger partial charge in [-0.05, 0) is 58.2 Å². The molecule has 0 aromatic heterocycles. The van der Waals surface area contributed by atoms with Gasteiger partial charge in [-0.25, -0.2) is 0 Å². The SMILES string of the molecule is CCCCCCCCCCCOC(=O)CCCCCN(CCCCCCCC(=O)O)CCCN/C(=C/[N+](=O)[O-])NC. The highest BCUT2D eigenvalue weighted by Crippen LogP contribution is 2.11. The van der Waals surface area contributed by atoms with E-state index in [1.165, 1.54) is 44.9 Å². The number of rotatable bonds is 31. The van der Waals surface area contributed by atoms with Gasteiger partial charge in [0, 0.05) is 26.4 Å². The number of unbranched alkanes of at least 4 members (excludes halogenated alkanes) is 14. The second kappa shape index (κ2) is 29.1. The van der Waals surface area contributed by atoms with Crippen LogP contribution in [0.15, 0.2) is 12.0 Å². The molecule has 0 aliphatic heterocycles. The summed E-state index contributed by atoms with van der Waals surface area (Å²) in [4.78, 5) is 35.3. The van der Waals surface area contributed by atoms with Crippen LogP contribution in [-0.2, 0) is 14.3 Å². The van der Waals surface area contributed by atoms with E-state index in [-0.39, 0.29) is 12.4 Å². The number of nitrogens with zero attached hydrogens (tertiary/aromatic N) is 2. The van der Waals surface area contributed by atoms with Crippen LogP contribution >= 0.6 is 0 Å². The van der Waals surface area contributed by atoms with Gasteiger partial charge >= 0.3 is 11.9 Å². The van der Waals surface area contributed by atoms with Crippen molar-refractivity contribution in [2.45, 2.75) is 135 Å². The summed E-state index contributed by atoms with van der Waals surface area (Å²) < 4.78 is 5.41. The van der Waals surface area contributed by atoms with E-state index < -0.39 is 10.9 Å². The smallest absolute Gasteiger partial charge is 0.305 e. The van der Waals surface area contributed by atoms with Crippen LogP contribution in [0.4, 0.5) is 0 Å². The van der Waals surface area contributed by atoms with Crippen molar-refractivity contribution in [3.05, 3.63) is 22.1 Å². The average Bonchev–Trinajstić information content (AvgIpc) is 2.94. The molecule has 0 aliphatic rings. The van der Waals surface area contributed by atoms with Gasteiger partial charge < -0.3 is 25.4 Å². The third kappa shape index (κ3) is 28.9. The van der Waals surface area contributed by atoms with Crippen LogP contribution in [0.25, 0.3) is 0 Å². The predicted octanol–water partition coefficient (Wildman–Crippen LogP) is 6.62. The lowest BCUT2D eigenvalue weighted by molar-refractivity contribution is -0.404. The molecule has 240 valence electrons. The Bertz CT molecular complexity index is 690. The standard InChI is InChI=1S/C31H60N4O6/c1-3-4-5-6-7-8-9-13-19-27-41-31(38)22-16-14-18-25-34(24-17-12-10-11-15-21-30(36)37)26-20-23-33-29(32-2)28-35(39)40/h28,32-33H,3-27H2,1-2H3,(H,36,37)/b29-28+. The van der Waals surface area contributed by atoms with E-state index >= 15 is 0 Å². The summed E-state index contributed by atoms with van der Waals surface area (Å²) >= 11 is 0. The summed E-state index contributed by atoms with van der Waals surface area (Å²) in [6.45, 7) is 6.24. The van der Waals surface area contributed by atoms with E-state index in [4.69, 9.17) is 9.84 Å². The van der Waals surface area contributed by atoms with Crippen molar-refractivity contribution >= 4 is 11.9 Å². The summed E-state index contributed by atoms with van der Waals surface area (Å²) in [5.41, 5.74) is 0. The van der Waals surface area contributed by atoms with Crippen LogP contribution in [0.3, 0.4) is 0 Å². The molecular weight excluding hydrogens is 524 g/mol. The zero-order chi connectivity index (χ0) is 30.4. The van der Waals surface area contributed by atoms with Gasteiger partial charge in [-0.2, -0.15) is 0 Å². The van der Waals surface area contributed by atoms with Gasteiger partial charge in [-0.1, -0.05) is 84.0 Å². The maximum atomic E-state index is 12.1. The maximum Gasteiger partial charge on any atom is 0.305 e. The minimum atomic E-state index is -0.730. The number of nitrogens with one attached hydrogen (secondary N) is 2. The van der Waals surface area contributed by atoms with Gasteiger partial charge in [0.15, 0.2) is 5.82 Å². The average molecular weight is 585 g/mol. The zero-order valence-electron chi connectivity index (χ0n) is 26.1. The molecule has 0 amide bonds. The number of hydrogen-bond acceptors (Lipinski definition) is 8. The lowest BCUT2D eigenvalue weighted by atomic mass is 10.1. The Morgan fingerprint density at radius 3 is 1.88 bits per heavy atom. The number of carbonyl (C=O) groups is 2. The number of carboxylic acids is 1. The minimum Gasteiger partial charge on any atom is -0.481 e. The van der Waals surface area contributed by atoms with Crippen molar-refractivity contribution in [3.63, 3.8) is 0 Å². The molecule has 0 radical (unpaired) electrons. The van der Waals surface area contributed by atoms with E-state index in [2.05, 4.69) is 22.5 Å². The van der Waals surface area contributed by atoms with Gasteiger partial charge in [0.05, 0.1) is 11.5 Å². The molecule has 10 heteroatoms. The Morgan fingerprint density at radius 1 is 0.780 bits per heavy atom. The van der Waals surface area contributed by atoms with Gasteiger partial charge in [0.2, 0.25) is 0 Å². The topological polar surface area (TPSA) is 134 Å². The number of esters is 1. The second-order valence-electron chi connectivity index (χ2n) is 11.0. The van der Waals surface area contributed by atoms with Crippen LogP contribution < -0.4 is 10.6 Å². The van der Waals surface area contributed by atoms with Crippen molar-refractivity contribution < 1.29 is 24.4 Å². The van der Waals surface area contributed by atoms with Crippen molar-refractivity contribution in [2.24, 2.45) is 0 Å². The quantitative estimate of drug-likeness (QED) is 0.0355. The van der Waals surface area contributed by atoms with Crippen molar-refractivity contribution in [1.82, 2.24) is 15.5 Å². The number of carboxylic acid groups (broad SMARTS) is 1. The van der Waals surface area contributed by atoms with Gasteiger partial charge in [0.25, 0.3) is 6.20 Å². The first kappa shape index (κ1) is 38.6. The summed E-state index contributed by atoms with van der Waals surface area (Å²) in [6, 6.07) is 0. The van der Waals surface area contributed by atoms with Crippen molar-refractivity contribution in [2.75, 3.05) is 39.8 Å². The molecule has 0 aromatic rings. The molecule has 0 heterocycles. The monoisotopic (exact) mass is 584 g/mol. The van der Waals surface area contributed by atoms with Crippen LogP contribution in [0.5, 0.6) is 0 Å². The first-order valence-corrected chi connectivity index (χ1v) is 16.3. The summed E-state index contributed by atoms with van der Waals surface area (Å²) in [6.07, 6.45) is 21.5. The van der Waals surface area contributed by atoms with Crippen LogP contribution in [-0.4, -0.2) is 66.7 Å². The molecule has 10 nitrogen and oxygen atoms in total. The van der Waals surface area contributed by atoms with E-state index in [1.807, 2.05) is 0 Å². The summed E-state index contributed by atoms with van der Waals surface area (Å²) in [5, 5.41) is 25.3. The van der Waals surface area contributed by atoms with Gasteiger partial charge in [-0.15, -0.1) is 0 Å². The molecule has 0 atom stereocenters. The number of carbonyl (C=O) groups excluding carboxylic acids is 1. The highest BCUT2D eigenvalue weighted by Gasteiger charge is 2.08. The molecule has 0 rings (SSSR count). The zero-order valence-corrected chi connectivity index (χ0v) is 26.1. The number of hydrogen-bond donors (Lipinski definition) is 3. The van der Waals surface area contributed by atoms with E-state index in [9.17, 15) is 19.7 Å². The molecule has 0 aliphatic carbocycles. The molecule has 0 spiro atoms. The highest BCUT2D eigenvalue weighted by atomic mass is 16.6. The predicted molar refractivity (Wildman–Crippen MR) is 165 cm³/mol.